The van der Waals surface area contributed by atoms with Crippen LogP contribution in [0.1, 0.15) is 25.0 Å². The maximum Gasteiger partial charge on any atom is 0.294 e. The summed E-state index contributed by atoms with van der Waals surface area (Å²) in [6.45, 7) is 2.32. The van der Waals surface area contributed by atoms with E-state index >= 15 is 0 Å². The van der Waals surface area contributed by atoms with Gasteiger partial charge in [0, 0.05) is 6.08 Å². The smallest absolute Gasteiger partial charge is 0.294 e. The topological polar surface area (TPSA) is 53.8 Å². The second-order valence-corrected chi connectivity index (χ2v) is 5.94. The van der Waals surface area contributed by atoms with Crippen LogP contribution < -0.4 is 0 Å². The molecule has 3 rings (SSSR count). The third kappa shape index (κ3) is 2.81. The Bertz CT molecular complexity index is 533. The summed E-state index contributed by atoms with van der Waals surface area (Å²) in [5, 5.41) is -0.196. The Morgan fingerprint density at radius 3 is 2.75 bits per heavy atom. The van der Waals surface area contributed by atoms with Crippen molar-refractivity contribution in [1.29, 1.82) is 0 Å². The standard InChI is InChI=1S/C14H16N2O3S/c17-13-12(9-11-5-4-8-19-11)20-14(18)16(13)10-15-6-2-1-3-7-15/h4-5,8-9H,1-3,6-7,10H2/b12-9-. The van der Waals surface area contributed by atoms with E-state index in [1.165, 1.54) is 11.3 Å². The number of rotatable bonds is 3. The van der Waals surface area contributed by atoms with Gasteiger partial charge in [-0.1, -0.05) is 6.42 Å². The highest BCUT2D eigenvalue weighted by molar-refractivity contribution is 8.18. The van der Waals surface area contributed by atoms with Crippen molar-refractivity contribution in [2.45, 2.75) is 19.3 Å². The van der Waals surface area contributed by atoms with Crippen LogP contribution in [0.3, 0.4) is 0 Å². The Labute approximate surface area is 121 Å². The Balaban J connectivity index is 1.70. The fourth-order valence-corrected chi connectivity index (χ4v) is 3.24. The summed E-state index contributed by atoms with van der Waals surface area (Å²) >= 11 is 0.980. The van der Waals surface area contributed by atoms with Crippen molar-refractivity contribution >= 4 is 29.0 Å². The zero-order valence-electron chi connectivity index (χ0n) is 11.1. The number of thioether (sulfide) groups is 1. The first-order valence-corrected chi connectivity index (χ1v) is 7.57. The molecule has 2 aliphatic rings. The number of hydrogen-bond acceptors (Lipinski definition) is 5. The van der Waals surface area contributed by atoms with Crippen LogP contribution in [0.5, 0.6) is 0 Å². The lowest BCUT2D eigenvalue weighted by atomic mass is 10.1. The largest absolute Gasteiger partial charge is 0.465 e. The quantitative estimate of drug-likeness (QED) is 0.802. The molecule has 1 aromatic rings. The van der Waals surface area contributed by atoms with Crippen LogP contribution in [0.4, 0.5) is 4.79 Å². The van der Waals surface area contributed by atoms with Gasteiger partial charge in [0.25, 0.3) is 11.1 Å². The maximum atomic E-state index is 12.3. The molecule has 0 bridgehead atoms. The van der Waals surface area contributed by atoms with Crippen molar-refractivity contribution in [3.63, 3.8) is 0 Å². The van der Waals surface area contributed by atoms with Gasteiger partial charge in [0.15, 0.2) is 0 Å². The summed E-state index contributed by atoms with van der Waals surface area (Å²) in [6, 6.07) is 3.52. The molecule has 0 N–H and O–H groups in total. The van der Waals surface area contributed by atoms with E-state index in [0.717, 1.165) is 37.7 Å². The number of hydrogen-bond donors (Lipinski definition) is 0. The third-order valence-corrected chi connectivity index (χ3v) is 4.39. The van der Waals surface area contributed by atoms with Crippen molar-refractivity contribution in [2.24, 2.45) is 0 Å². The Hall–Kier alpha value is -1.53. The van der Waals surface area contributed by atoms with Gasteiger partial charge in [0.2, 0.25) is 0 Å². The van der Waals surface area contributed by atoms with E-state index in [4.69, 9.17) is 4.42 Å². The molecule has 6 heteroatoms. The molecule has 2 aliphatic heterocycles. The van der Waals surface area contributed by atoms with Crippen molar-refractivity contribution in [3.8, 4) is 0 Å². The van der Waals surface area contributed by atoms with Crippen LogP contribution in [-0.2, 0) is 4.79 Å². The first-order valence-electron chi connectivity index (χ1n) is 6.75. The minimum Gasteiger partial charge on any atom is -0.465 e. The molecule has 0 radical (unpaired) electrons. The maximum absolute atomic E-state index is 12.3. The summed E-state index contributed by atoms with van der Waals surface area (Å²) in [6.07, 6.45) is 6.68. The van der Waals surface area contributed by atoms with Crippen LogP contribution >= 0.6 is 11.8 Å². The van der Waals surface area contributed by atoms with Gasteiger partial charge in [-0.05, 0) is 49.8 Å². The summed E-state index contributed by atoms with van der Waals surface area (Å²) in [5.74, 6) is 0.371. The average molecular weight is 292 g/mol. The normalized spacial score (nSPS) is 23.0. The molecule has 2 amide bonds. The van der Waals surface area contributed by atoms with E-state index in [2.05, 4.69) is 4.90 Å². The minimum absolute atomic E-state index is 0.196. The summed E-state index contributed by atoms with van der Waals surface area (Å²) in [4.78, 5) is 28.1. The second kappa shape index (κ2) is 5.85. The number of piperidine rings is 1. The molecule has 2 saturated heterocycles. The molecule has 20 heavy (non-hydrogen) atoms. The molecule has 0 aromatic carbocycles. The van der Waals surface area contributed by atoms with Gasteiger partial charge in [-0.25, -0.2) is 0 Å². The minimum atomic E-state index is -0.220. The number of amides is 2. The van der Waals surface area contributed by atoms with Crippen LogP contribution in [0.25, 0.3) is 6.08 Å². The van der Waals surface area contributed by atoms with Gasteiger partial charge in [0.1, 0.15) is 5.76 Å². The van der Waals surface area contributed by atoms with Crippen LogP contribution in [-0.4, -0.2) is 40.7 Å². The van der Waals surface area contributed by atoms with Crippen molar-refractivity contribution in [1.82, 2.24) is 9.80 Å². The first kappa shape index (κ1) is 13.5. The fourth-order valence-electron chi connectivity index (χ4n) is 2.43. The lowest BCUT2D eigenvalue weighted by molar-refractivity contribution is -0.124. The fraction of sp³-hybridized carbons (Fsp3) is 0.429. The van der Waals surface area contributed by atoms with Gasteiger partial charge < -0.3 is 4.42 Å². The molecule has 0 saturated carbocycles. The van der Waals surface area contributed by atoms with Gasteiger partial charge in [-0.2, -0.15) is 0 Å². The SMILES string of the molecule is O=C1S/C(=C\c2ccco2)C(=O)N1CN1CCCCC1. The summed E-state index contributed by atoms with van der Waals surface area (Å²) in [7, 11) is 0. The number of carbonyl (C=O) groups excluding carboxylic acids is 2. The van der Waals surface area contributed by atoms with E-state index in [1.54, 1.807) is 24.5 Å². The van der Waals surface area contributed by atoms with Crippen LogP contribution in [0.15, 0.2) is 27.7 Å². The number of likely N-dealkylation sites (tertiary alicyclic amines) is 1. The Morgan fingerprint density at radius 2 is 2.05 bits per heavy atom. The number of nitrogens with zero attached hydrogens (tertiary/aromatic N) is 2. The molecule has 2 fully saturated rings. The Kier molecular flexibility index (Phi) is 3.93. The number of carbonyl (C=O) groups is 2. The van der Waals surface area contributed by atoms with Crippen molar-refractivity contribution in [2.75, 3.05) is 19.8 Å². The first-order chi connectivity index (χ1) is 9.74. The van der Waals surface area contributed by atoms with Crippen molar-refractivity contribution in [3.05, 3.63) is 29.1 Å². The monoisotopic (exact) mass is 292 g/mol. The van der Waals surface area contributed by atoms with E-state index in [1.807, 2.05) is 0 Å². The molecule has 0 aliphatic carbocycles. The highest BCUT2D eigenvalue weighted by Crippen LogP contribution is 2.32. The van der Waals surface area contributed by atoms with E-state index < -0.39 is 0 Å². The van der Waals surface area contributed by atoms with E-state index in [0.29, 0.717) is 17.3 Å². The van der Waals surface area contributed by atoms with Crippen LogP contribution in [0, 0.1) is 0 Å². The average Bonchev–Trinajstić information content (AvgIpc) is 3.05. The van der Waals surface area contributed by atoms with Gasteiger partial charge in [0.05, 0.1) is 17.8 Å². The summed E-state index contributed by atoms with van der Waals surface area (Å²) < 4.78 is 5.18. The molecule has 106 valence electrons. The molecular formula is C14H16N2O3S. The lowest BCUT2D eigenvalue weighted by Crippen LogP contribution is -2.42. The number of imide groups is 1. The predicted molar refractivity (Wildman–Crippen MR) is 76.8 cm³/mol. The van der Waals surface area contributed by atoms with Crippen molar-refractivity contribution < 1.29 is 14.0 Å². The van der Waals surface area contributed by atoms with E-state index in [-0.39, 0.29) is 11.1 Å². The highest BCUT2D eigenvalue weighted by Gasteiger charge is 2.36. The van der Waals surface area contributed by atoms with Gasteiger partial charge in [-0.15, -0.1) is 0 Å². The molecule has 1 aromatic heterocycles. The predicted octanol–water partition coefficient (Wildman–Crippen LogP) is 2.76. The molecule has 3 heterocycles. The zero-order chi connectivity index (χ0) is 13.9. The second-order valence-electron chi connectivity index (χ2n) is 4.95. The Morgan fingerprint density at radius 1 is 1.25 bits per heavy atom. The molecule has 0 unspecified atom stereocenters. The molecular weight excluding hydrogens is 276 g/mol. The summed E-state index contributed by atoms with van der Waals surface area (Å²) in [5.41, 5.74) is 0. The molecule has 5 nitrogen and oxygen atoms in total. The zero-order valence-corrected chi connectivity index (χ0v) is 11.9. The highest BCUT2D eigenvalue weighted by atomic mass is 32.2. The van der Waals surface area contributed by atoms with E-state index in [9.17, 15) is 9.59 Å². The van der Waals surface area contributed by atoms with Gasteiger partial charge in [-0.3, -0.25) is 19.4 Å². The lowest BCUT2D eigenvalue weighted by Gasteiger charge is -2.29. The molecule has 0 spiro atoms. The number of furan rings is 1. The molecule has 0 atom stereocenters. The van der Waals surface area contributed by atoms with Gasteiger partial charge >= 0.3 is 0 Å². The van der Waals surface area contributed by atoms with Crippen LogP contribution in [0.2, 0.25) is 0 Å². The third-order valence-electron chi connectivity index (χ3n) is 3.48.